The van der Waals surface area contributed by atoms with E-state index in [4.69, 9.17) is 14.2 Å². The molecular formula is C18H25N3O5. The molecule has 0 saturated carbocycles. The average molecular weight is 363 g/mol. The van der Waals surface area contributed by atoms with Crippen LogP contribution in [0.15, 0.2) is 18.3 Å². The lowest BCUT2D eigenvalue weighted by molar-refractivity contribution is -0.136. The SMILES string of the molecule is COCC(=O)N1CCC(Oc2ccc(C(=O)N3CCOCC3)cn2)CC1. The first-order valence-electron chi connectivity index (χ1n) is 8.94. The van der Waals surface area contributed by atoms with E-state index in [1.165, 1.54) is 7.11 Å². The number of aromatic nitrogens is 1. The van der Waals surface area contributed by atoms with Crippen LogP contribution < -0.4 is 4.74 Å². The van der Waals surface area contributed by atoms with Gasteiger partial charge < -0.3 is 24.0 Å². The van der Waals surface area contributed by atoms with Gasteiger partial charge in [-0.25, -0.2) is 4.98 Å². The third-order valence-electron chi connectivity index (χ3n) is 4.63. The lowest BCUT2D eigenvalue weighted by Gasteiger charge is -2.31. The van der Waals surface area contributed by atoms with Crippen LogP contribution in [0, 0.1) is 0 Å². The Morgan fingerprint density at radius 1 is 1.15 bits per heavy atom. The summed E-state index contributed by atoms with van der Waals surface area (Å²) in [5.41, 5.74) is 0.555. The summed E-state index contributed by atoms with van der Waals surface area (Å²) in [6, 6.07) is 3.48. The number of likely N-dealkylation sites (tertiary alicyclic amines) is 1. The average Bonchev–Trinajstić information content (AvgIpc) is 2.69. The highest BCUT2D eigenvalue weighted by Gasteiger charge is 2.24. The molecule has 0 bridgehead atoms. The summed E-state index contributed by atoms with van der Waals surface area (Å²) in [6.45, 7) is 3.79. The van der Waals surface area contributed by atoms with Crippen molar-refractivity contribution in [1.82, 2.24) is 14.8 Å². The van der Waals surface area contributed by atoms with Crippen LogP contribution in [0.3, 0.4) is 0 Å². The summed E-state index contributed by atoms with van der Waals surface area (Å²) in [5.74, 6) is 0.484. The lowest BCUT2D eigenvalue weighted by Crippen LogP contribution is -2.43. The van der Waals surface area contributed by atoms with Gasteiger partial charge in [0, 0.05) is 58.4 Å². The first kappa shape index (κ1) is 18.6. The van der Waals surface area contributed by atoms with Gasteiger partial charge in [0.05, 0.1) is 18.8 Å². The second-order valence-electron chi connectivity index (χ2n) is 6.42. The lowest BCUT2D eigenvalue weighted by atomic mass is 10.1. The Balaban J connectivity index is 1.49. The van der Waals surface area contributed by atoms with Crippen LogP contribution in [0.5, 0.6) is 5.88 Å². The standard InChI is InChI=1S/C18H25N3O5/c1-24-13-17(22)20-6-4-15(5-7-20)26-16-3-2-14(12-19-16)18(23)21-8-10-25-11-9-21/h2-3,12,15H,4-11,13H2,1H3. The van der Waals surface area contributed by atoms with Gasteiger partial charge in [-0.1, -0.05) is 0 Å². The van der Waals surface area contributed by atoms with Crippen LogP contribution in [-0.4, -0.2) is 85.8 Å². The van der Waals surface area contributed by atoms with E-state index in [-0.39, 0.29) is 24.5 Å². The first-order valence-corrected chi connectivity index (χ1v) is 8.94. The number of ether oxygens (including phenoxy) is 3. The van der Waals surface area contributed by atoms with Gasteiger partial charge >= 0.3 is 0 Å². The van der Waals surface area contributed by atoms with Crippen LogP contribution in [0.25, 0.3) is 0 Å². The van der Waals surface area contributed by atoms with Crippen molar-refractivity contribution >= 4 is 11.8 Å². The molecule has 8 nitrogen and oxygen atoms in total. The van der Waals surface area contributed by atoms with Crippen LogP contribution in [0.1, 0.15) is 23.2 Å². The van der Waals surface area contributed by atoms with E-state index in [0.717, 1.165) is 12.8 Å². The Bertz CT molecular complexity index is 608. The molecule has 0 N–H and O–H groups in total. The van der Waals surface area contributed by atoms with E-state index in [1.54, 1.807) is 28.1 Å². The van der Waals surface area contributed by atoms with E-state index in [9.17, 15) is 9.59 Å². The van der Waals surface area contributed by atoms with Crippen LogP contribution in [0.2, 0.25) is 0 Å². The summed E-state index contributed by atoms with van der Waals surface area (Å²) < 4.78 is 16.0. The van der Waals surface area contributed by atoms with Gasteiger partial charge in [-0.05, 0) is 6.07 Å². The van der Waals surface area contributed by atoms with Crippen molar-refractivity contribution in [2.45, 2.75) is 18.9 Å². The smallest absolute Gasteiger partial charge is 0.255 e. The third kappa shape index (κ3) is 4.70. The molecule has 3 heterocycles. The molecule has 0 spiro atoms. The van der Waals surface area contributed by atoms with Crippen molar-refractivity contribution in [3.8, 4) is 5.88 Å². The predicted octanol–water partition coefficient (Wildman–Crippen LogP) is 0.570. The molecule has 0 unspecified atom stereocenters. The molecule has 2 aliphatic heterocycles. The second kappa shape index (κ2) is 8.95. The van der Waals surface area contributed by atoms with Gasteiger partial charge in [-0.2, -0.15) is 0 Å². The molecule has 1 aromatic heterocycles. The van der Waals surface area contributed by atoms with Gasteiger partial charge in [0.25, 0.3) is 5.91 Å². The highest BCUT2D eigenvalue weighted by Crippen LogP contribution is 2.18. The van der Waals surface area contributed by atoms with Crippen molar-refractivity contribution in [1.29, 1.82) is 0 Å². The minimum atomic E-state index is -0.0303. The first-order chi connectivity index (χ1) is 12.7. The summed E-state index contributed by atoms with van der Waals surface area (Å²) in [5, 5.41) is 0. The van der Waals surface area contributed by atoms with Gasteiger partial charge in [0.15, 0.2) is 0 Å². The Hall–Kier alpha value is -2.19. The van der Waals surface area contributed by atoms with E-state index in [1.807, 2.05) is 0 Å². The van der Waals surface area contributed by atoms with Gasteiger partial charge in [0.2, 0.25) is 11.8 Å². The Morgan fingerprint density at radius 3 is 2.50 bits per heavy atom. The van der Waals surface area contributed by atoms with E-state index in [2.05, 4.69) is 4.98 Å². The molecule has 2 aliphatic rings. The monoisotopic (exact) mass is 363 g/mol. The minimum absolute atomic E-state index is 0.00931. The highest BCUT2D eigenvalue weighted by atomic mass is 16.5. The molecule has 0 atom stereocenters. The Kier molecular flexibility index (Phi) is 6.40. The quantitative estimate of drug-likeness (QED) is 0.761. The van der Waals surface area contributed by atoms with Crippen molar-refractivity contribution in [2.75, 3.05) is 53.1 Å². The second-order valence-corrected chi connectivity index (χ2v) is 6.42. The number of carbonyl (C=O) groups excluding carboxylic acids is 2. The van der Waals surface area contributed by atoms with Gasteiger partial charge in [-0.15, -0.1) is 0 Å². The third-order valence-corrected chi connectivity index (χ3v) is 4.63. The molecule has 0 radical (unpaired) electrons. The molecule has 2 saturated heterocycles. The summed E-state index contributed by atoms with van der Waals surface area (Å²) >= 11 is 0. The maximum atomic E-state index is 12.4. The summed E-state index contributed by atoms with van der Waals surface area (Å²) in [6.07, 6.45) is 3.09. The van der Waals surface area contributed by atoms with Crippen molar-refractivity contribution in [3.63, 3.8) is 0 Å². The Morgan fingerprint density at radius 2 is 1.88 bits per heavy atom. The van der Waals surface area contributed by atoms with Crippen LogP contribution in [0.4, 0.5) is 0 Å². The van der Waals surface area contributed by atoms with Gasteiger partial charge in [0.1, 0.15) is 12.7 Å². The molecule has 26 heavy (non-hydrogen) atoms. The molecule has 2 fully saturated rings. The number of nitrogens with zero attached hydrogens (tertiary/aromatic N) is 3. The van der Waals surface area contributed by atoms with E-state index < -0.39 is 0 Å². The number of morpholine rings is 1. The number of hydrogen-bond acceptors (Lipinski definition) is 6. The number of piperidine rings is 1. The molecule has 0 aromatic carbocycles. The number of amides is 2. The predicted molar refractivity (Wildman–Crippen MR) is 93.1 cm³/mol. The molecule has 1 aromatic rings. The van der Waals surface area contributed by atoms with Crippen molar-refractivity contribution < 1.29 is 23.8 Å². The zero-order valence-corrected chi connectivity index (χ0v) is 15.1. The fourth-order valence-electron chi connectivity index (χ4n) is 3.13. The number of carbonyl (C=O) groups is 2. The summed E-state index contributed by atoms with van der Waals surface area (Å²) in [7, 11) is 1.52. The highest BCUT2D eigenvalue weighted by molar-refractivity contribution is 5.94. The minimum Gasteiger partial charge on any atom is -0.474 e. The zero-order chi connectivity index (χ0) is 18.4. The molecule has 2 amide bonds. The number of methoxy groups -OCH3 is 1. The maximum Gasteiger partial charge on any atom is 0.255 e. The molecule has 8 heteroatoms. The van der Waals surface area contributed by atoms with Crippen LogP contribution in [-0.2, 0) is 14.3 Å². The normalized spacial score (nSPS) is 18.7. The number of hydrogen-bond donors (Lipinski definition) is 0. The molecule has 0 aliphatic carbocycles. The zero-order valence-electron chi connectivity index (χ0n) is 15.1. The number of rotatable bonds is 5. The van der Waals surface area contributed by atoms with Crippen molar-refractivity contribution in [2.24, 2.45) is 0 Å². The topological polar surface area (TPSA) is 81.2 Å². The maximum absolute atomic E-state index is 12.4. The van der Waals surface area contributed by atoms with Crippen molar-refractivity contribution in [3.05, 3.63) is 23.9 Å². The molecule has 142 valence electrons. The van der Waals surface area contributed by atoms with Gasteiger partial charge in [-0.3, -0.25) is 9.59 Å². The molecular weight excluding hydrogens is 338 g/mol. The fourth-order valence-corrected chi connectivity index (χ4v) is 3.13. The summed E-state index contributed by atoms with van der Waals surface area (Å²) in [4.78, 5) is 32.0. The molecule has 3 rings (SSSR count). The largest absolute Gasteiger partial charge is 0.474 e. The fraction of sp³-hybridized carbons (Fsp3) is 0.611. The van der Waals surface area contributed by atoms with E-state index in [0.29, 0.717) is 50.8 Å². The number of pyridine rings is 1. The Labute approximate surface area is 153 Å². The van der Waals surface area contributed by atoms with E-state index >= 15 is 0 Å². The van der Waals surface area contributed by atoms with Crippen LogP contribution >= 0.6 is 0 Å².